The molecule has 0 fully saturated rings. The molecule has 0 atom stereocenters. The van der Waals surface area contributed by atoms with Gasteiger partial charge in [0.05, 0.1) is 5.56 Å². The molecular weight excluding hydrogens is 220 g/mol. The van der Waals surface area contributed by atoms with E-state index in [1.54, 1.807) is 0 Å². The number of carboxylic acids is 1. The first-order chi connectivity index (χ1) is 6.93. The van der Waals surface area contributed by atoms with Crippen LogP contribution in [0, 0.1) is 0 Å². The van der Waals surface area contributed by atoms with E-state index in [1.165, 1.54) is 25.1 Å². The van der Waals surface area contributed by atoms with Crippen LogP contribution in [-0.4, -0.2) is 22.1 Å². The van der Waals surface area contributed by atoms with E-state index in [4.69, 9.17) is 16.7 Å². The average Bonchev–Trinajstić information content (AvgIpc) is 2.16. The van der Waals surface area contributed by atoms with Crippen LogP contribution < -0.4 is 0 Å². The number of ketones is 1. The van der Waals surface area contributed by atoms with Crippen molar-refractivity contribution in [2.45, 2.75) is 6.92 Å². The predicted molar refractivity (Wildman–Crippen MR) is 53.6 cm³/mol. The van der Waals surface area contributed by atoms with Crippen LogP contribution in [0.2, 0.25) is 0 Å². The van der Waals surface area contributed by atoms with Crippen molar-refractivity contribution in [3.8, 4) is 0 Å². The summed E-state index contributed by atoms with van der Waals surface area (Å²) in [7, 11) is 0. The van der Waals surface area contributed by atoms with Gasteiger partial charge in [-0.3, -0.25) is 9.59 Å². The summed E-state index contributed by atoms with van der Waals surface area (Å²) in [5.41, 5.74) is -0.0509. The number of aromatic carboxylic acids is 1. The number of benzene rings is 1. The SMILES string of the molecule is CC(=O)c1cc(C(=O)Cl)ccc1C(=O)O. The van der Waals surface area contributed by atoms with Crippen LogP contribution in [0.5, 0.6) is 0 Å². The number of Topliss-reactive ketones (excluding diaryl/α,β-unsaturated/α-hetero) is 1. The van der Waals surface area contributed by atoms with Crippen LogP contribution in [0.25, 0.3) is 0 Å². The molecule has 0 spiro atoms. The summed E-state index contributed by atoms with van der Waals surface area (Å²) >= 11 is 5.21. The molecule has 0 saturated carbocycles. The van der Waals surface area contributed by atoms with Gasteiger partial charge in [0.25, 0.3) is 5.24 Å². The van der Waals surface area contributed by atoms with Crippen molar-refractivity contribution >= 4 is 28.6 Å². The summed E-state index contributed by atoms with van der Waals surface area (Å²) < 4.78 is 0. The number of hydrogen-bond donors (Lipinski definition) is 1. The minimum atomic E-state index is -1.21. The summed E-state index contributed by atoms with van der Waals surface area (Å²) in [6.45, 7) is 1.23. The third kappa shape index (κ3) is 2.41. The fourth-order valence-corrected chi connectivity index (χ4v) is 1.26. The van der Waals surface area contributed by atoms with Crippen LogP contribution in [0.1, 0.15) is 38.0 Å². The number of carbonyl (C=O) groups excluding carboxylic acids is 2. The zero-order valence-corrected chi connectivity index (χ0v) is 8.54. The highest BCUT2D eigenvalue weighted by molar-refractivity contribution is 6.67. The van der Waals surface area contributed by atoms with Gasteiger partial charge in [-0.25, -0.2) is 4.79 Å². The van der Waals surface area contributed by atoms with Crippen LogP contribution >= 0.6 is 11.6 Å². The molecule has 1 aromatic carbocycles. The molecule has 5 heteroatoms. The molecule has 0 saturated heterocycles. The Morgan fingerprint density at radius 2 is 1.80 bits per heavy atom. The third-order valence-corrected chi connectivity index (χ3v) is 2.07. The summed E-state index contributed by atoms with van der Waals surface area (Å²) in [4.78, 5) is 32.7. The standard InChI is InChI=1S/C10H7ClO4/c1-5(12)8-4-6(9(11)13)2-3-7(8)10(14)15/h2-4H,1H3,(H,14,15). The molecule has 0 aliphatic carbocycles. The van der Waals surface area contributed by atoms with Crippen molar-refractivity contribution < 1.29 is 19.5 Å². The van der Waals surface area contributed by atoms with Gasteiger partial charge in [0, 0.05) is 11.1 Å². The Hall–Kier alpha value is -1.68. The zero-order valence-electron chi connectivity index (χ0n) is 7.78. The van der Waals surface area contributed by atoms with Gasteiger partial charge in [0.1, 0.15) is 0 Å². The third-order valence-electron chi connectivity index (χ3n) is 1.86. The minimum Gasteiger partial charge on any atom is -0.478 e. The largest absolute Gasteiger partial charge is 0.478 e. The molecule has 78 valence electrons. The van der Waals surface area contributed by atoms with Gasteiger partial charge in [-0.15, -0.1) is 0 Å². The van der Waals surface area contributed by atoms with Crippen LogP contribution in [-0.2, 0) is 0 Å². The topological polar surface area (TPSA) is 71.4 Å². The molecular formula is C10H7ClO4. The smallest absolute Gasteiger partial charge is 0.336 e. The lowest BCUT2D eigenvalue weighted by molar-refractivity contribution is 0.0692. The lowest BCUT2D eigenvalue weighted by atomic mass is 10.0. The van der Waals surface area contributed by atoms with E-state index in [1.807, 2.05) is 0 Å². The Morgan fingerprint density at radius 1 is 1.20 bits per heavy atom. The Labute approximate surface area is 90.5 Å². The lowest BCUT2D eigenvalue weighted by Gasteiger charge is -2.03. The number of carboxylic acid groups (broad SMARTS) is 1. The van der Waals surface area contributed by atoms with Crippen LogP contribution in [0.3, 0.4) is 0 Å². The number of carbonyl (C=O) groups is 3. The maximum Gasteiger partial charge on any atom is 0.336 e. The van der Waals surface area contributed by atoms with Crippen molar-refractivity contribution in [2.75, 3.05) is 0 Å². The highest BCUT2D eigenvalue weighted by atomic mass is 35.5. The van der Waals surface area contributed by atoms with Gasteiger partial charge in [-0.2, -0.15) is 0 Å². The lowest BCUT2D eigenvalue weighted by Crippen LogP contribution is -2.07. The van der Waals surface area contributed by atoms with Crippen molar-refractivity contribution in [1.29, 1.82) is 0 Å². The van der Waals surface area contributed by atoms with Crippen molar-refractivity contribution in [1.82, 2.24) is 0 Å². The molecule has 4 nitrogen and oxygen atoms in total. The summed E-state index contributed by atoms with van der Waals surface area (Å²) in [6, 6.07) is 3.64. The van der Waals surface area contributed by atoms with E-state index in [-0.39, 0.29) is 16.7 Å². The van der Waals surface area contributed by atoms with Gasteiger partial charge in [0.15, 0.2) is 5.78 Å². The molecule has 0 radical (unpaired) electrons. The number of hydrogen-bond acceptors (Lipinski definition) is 3. The second-order valence-electron chi connectivity index (χ2n) is 2.90. The number of halogens is 1. The number of rotatable bonds is 3. The normalized spacial score (nSPS) is 9.73. The van der Waals surface area contributed by atoms with Gasteiger partial charge in [-0.05, 0) is 36.7 Å². The van der Waals surface area contributed by atoms with E-state index >= 15 is 0 Å². The molecule has 15 heavy (non-hydrogen) atoms. The van der Waals surface area contributed by atoms with E-state index in [0.29, 0.717) is 0 Å². The van der Waals surface area contributed by atoms with E-state index in [2.05, 4.69) is 0 Å². The minimum absolute atomic E-state index is 0.0194. The zero-order chi connectivity index (χ0) is 11.6. The van der Waals surface area contributed by atoms with Gasteiger partial charge >= 0.3 is 5.97 Å². The second-order valence-corrected chi connectivity index (χ2v) is 3.24. The molecule has 0 aromatic heterocycles. The highest BCUT2D eigenvalue weighted by Gasteiger charge is 2.15. The molecule has 0 amide bonds. The van der Waals surface area contributed by atoms with Gasteiger partial charge < -0.3 is 5.11 Å². The van der Waals surface area contributed by atoms with E-state index in [9.17, 15) is 14.4 Å². The molecule has 0 aliphatic heterocycles. The van der Waals surface area contributed by atoms with E-state index < -0.39 is 17.0 Å². The van der Waals surface area contributed by atoms with E-state index in [0.717, 1.165) is 0 Å². The first-order valence-corrected chi connectivity index (χ1v) is 4.39. The summed E-state index contributed by atoms with van der Waals surface area (Å²) in [5.74, 6) is -1.64. The summed E-state index contributed by atoms with van der Waals surface area (Å²) in [5, 5.41) is 8.05. The maximum absolute atomic E-state index is 11.1. The molecule has 1 rings (SSSR count). The van der Waals surface area contributed by atoms with Crippen LogP contribution in [0.15, 0.2) is 18.2 Å². The van der Waals surface area contributed by atoms with Gasteiger partial charge in [0.2, 0.25) is 0 Å². The Balaban J connectivity index is 3.40. The molecule has 0 heterocycles. The molecule has 0 aliphatic rings. The van der Waals surface area contributed by atoms with Crippen molar-refractivity contribution in [3.63, 3.8) is 0 Å². The average molecular weight is 227 g/mol. The van der Waals surface area contributed by atoms with Crippen LogP contribution in [0.4, 0.5) is 0 Å². The predicted octanol–water partition coefficient (Wildman–Crippen LogP) is 1.97. The quantitative estimate of drug-likeness (QED) is 0.632. The van der Waals surface area contributed by atoms with Crippen molar-refractivity contribution in [2.24, 2.45) is 0 Å². The Kier molecular flexibility index (Phi) is 3.21. The molecule has 0 bridgehead atoms. The first kappa shape index (κ1) is 11.4. The maximum atomic E-state index is 11.1. The summed E-state index contributed by atoms with van der Waals surface area (Å²) in [6.07, 6.45) is 0. The van der Waals surface area contributed by atoms with Crippen molar-refractivity contribution in [3.05, 3.63) is 34.9 Å². The molecule has 1 aromatic rings. The monoisotopic (exact) mass is 226 g/mol. The highest BCUT2D eigenvalue weighted by Crippen LogP contribution is 2.14. The fourth-order valence-electron chi connectivity index (χ4n) is 1.14. The Morgan fingerprint density at radius 3 is 2.20 bits per heavy atom. The van der Waals surface area contributed by atoms with Gasteiger partial charge in [-0.1, -0.05) is 0 Å². The second kappa shape index (κ2) is 4.23. The molecule has 0 unspecified atom stereocenters. The first-order valence-electron chi connectivity index (χ1n) is 4.01. The fraction of sp³-hybridized carbons (Fsp3) is 0.100. The Bertz CT molecular complexity index is 451. The molecule has 1 N–H and O–H groups in total.